The average molecular weight is 177 g/mol. The molecule has 0 heterocycles. The van der Waals surface area contributed by atoms with Crippen molar-refractivity contribution in [3.05, 3.63) is 39.4 Å². The van der Waals surface area contributed by atoms with E-state index >= 15 is 0 Å². The monoisotopic (exact) mass is 177 g/mol. The van der Waals surface area contributed by atoms with Crippen LogP contribution in [0.3, 0.4) is 0 Å². The van der Waals surface area contributed by atoms with E-state index in [1.165, 1.54) is 12.8 Å². The fourth-order valence-electron chi connectivity index (χ4n) is 1.55. The molecular weight excluding hydrogens is 166 g/mol. The standard InChI is InChI=1S/C10H11NO2/c1-7-4-9(8-2-3-8)6-10(5-7)11(12)13/h4-6,8H,2-3H2,1H3. The fourth-order valence-corrected chi connectivity index (χ4v) is 1.55. The van der Waals surface area contributed by atoms with Gasteiger partial charge in [0, 0.05) is 12.1 Å². The summed E-state index contributed by atoms with van der Waals surface area (Å²) in [6.07, 6.45) is 2.36. The summed E-state index contributed by atoms with van der Waals surface area (Å²) in [6.45, 7) is 1.90. The minimum Gasteiger partial charge on any atom is -0.258 e. The molecule has 0 bridgehead atoms. The lowest BCUT2D eigenvalue weighted by molar-refractivity contribution is -0.385. The molecule has 0 aromatic heterocycles. The number of rotatable bonds is 2. The quantitative estimate of drug-likeness (QED) is 0.515. The highest BCUT2D eigenvalue weighted by Gasteiger charge is 2.25. The zero-order valence-corrected chi connectivity index (χ0v) is 7.49. The van der Waals surface area contributed by atoms with Gasteiger partial charge in [0.25, 0.3) is 5.69 Å². The highest BCUT2D eigenvalue weighted by atomic mass is 16.6. The number of hydrogen-bond acceptors (Lipinski definition) is 2. The highest BCUT2D eigenvalue weighted by molar-refractivity contribution is 5.41. The van der Waals surface area contributed by atoms with Crippen LogP contribution >= 0.6 is 0 Å². The maximum atomic E-state index is 10.6. The van der Waals surface area contributed by atoms with Crippen LogP contribution in [0.25, 0.3) is 0 Å². The summed E-state index contributed by atoms with van der Waals surface area (Å²) in [5, 5.41) is 10.6. The Morgan fingerprint density at radius 2 is 2.08 bits per heavy atom. The Kier molecular flexibility index (Phi) is 1.79. The van der Waals surface area contributed by atoms with Crippen LogP contribution in [0.2, 0.25) is 0 Å². The highest BCUT2D eigenvalue weighted by Crippen LogP contribution is 2.41. The molecule has 3 heteroatoms. The van der Waals surface area contributed by atoms with Crippen molar-refractivity contribution in [1.29, 1.82) is 0 Å². The SMILES string of the molecule is Cc1cc(C2CC2)cc([N+](=O)[O-])c1. The maximum Gasteiger partial charge on any atom is 0.269 e. The second-order valence-electron chi connectivity index (χ2n) is 3.63. The van der Waals surface area contributed by atoms with Crippen molar-refractivity contribution < 1.29 is 4.92 Å². The molecule has 1 saturated carbocycles. The zero-order valence-electron chi connectivity index (χ0n) is 7.49. The van der Waals surface area contributed by atoms with Gasteiger partial charge in [-0.05, 0) is 36.8 Å². The van der Waals surface area contributed by atoms with E-state index in [1.807, 2.05) is 13.0 Å². The number of aryl methyl sites for hydroxylation is 1. The Balaban J connectivity index is 2.41. The molecule has 13 heavy (non-hydrogen) atoms. The fraction of sp³-hybridized carbons (Fsp3) is 0.400. The summed E-state index contributed by atoms with van der Waals surface area (Å²) in [7, 11) is 0. The minimum atomic E-state index is -0.321. The van der Waals surface area contributed by atoms with Crippen molar-refractivity contribution in [2.75, 3.05) is 0 Å². The number of nitro groups is 1. The van der Waals surface area contributed by atoms with E-state index in [4.69, 9.17) is 0 Å². The van der Waals surface area contributed by atoms with Gasteiger partial charge in [-0.1, -0.05) is 6.07 Å². The van der Waals surface area contributed by atoms with Crippen molar-refractivity contribution in [2.24, 2.45) is 0 Å². The Morgan fingerprint density at radius 3 is 2.62 bits per heavy atom. The summed E-state index contributed by atoms with van der Waals surface area (Å²) in [6, 6.07) is 5.36. The lowest BCUT2D eigenvalue weighted by atomic mass is 10.1. The van der Waals surface area contributed by atoms with E-state index in [1.54, 1.807) is 12.1 Å². The number of benzene rings is 1. The molecule has 0 unspecified atom stereocenters. The smallest absolute Gasteiger partial charge is 0.258 e. The second kappa shape index (κ2) is 2.83. The zero-order chi connectivity index (χ0) is 9.42. The van der Waals surface area contributed by atoms with E-state index in [9.17, 15) is 10.1 Å². The first-order valence-corrected chi connectivity index (χ1v) is 4.43. The van der Waals surface area contributed by atoms with Gasteiger partial charge in [-0.25, -0.2) is 0 Å². The summed E-state index contributed by atoms with van der Waals surface area (Å²) >= 11 is 0. The van der Waals surface area contributed by atoms with E-state index in [0.717, 1.165) is 11.1 Å². The number of hydrogen-bond donors (Lipinski definition) is 0. The Bertz CT molecular complexity index is 356. The average Bonchev–Trinajstić information content (AvgIpc) is 2.85. The molecule has 3 nitrogen and oxygen atoms in total. The van der Waals surface area contributed by atoms with Gasteiger partial charge in [0.05, 0.1) is 4.92 Å². The van der Waals surface area contributed by atoms with Crippen LogP contribution < -0.4 is 0 Å². The molecule has 0 saturated heterocycles. The predicted molar refractivity (Wildman–Crippen MR) is 49.8 cm³/mol. The van der Waals surface area contributed by atoms with Crippen molar-refractivity contribution in [3.63, 3.8) is 0 Å². The number of non-ortho nitro benzene ring substituents is 1. The summed E-state index contributed by atoms with van der Waals surface area (Å²) in [5.74, 6) is 0.582. The van der Waals surface area contributed by atoms with Crippen LogP contribution in [0, 0.1) is 17.0 Å². The van der Waals surface area contributed by atoms with Crippen LogP contribution in [0.5, 0.6) is 0 Å². The Morgan fingerprint density at radius 1 is 1.38 bits per heavy atom. The lowest BCUT2D eigenvalue weighted by Gasteiger charge is -2.00. The van der Waals surface area contributed by atoms with Gasteiger partial charge < -0.3 is 0 Å². The molecular formula is C10H11NO2. The van der Waals surface area contributed by atoms with Crippen molar-refractivity contribution in [2.45, 2.75) is 25.7 Å². The van der Waals surface area contributed by atoms with Gasteiger partial charge in [-0.2, -0.15) is 0 Å². The van der Waals surface area contributed by atoms with Gasteiger partial charge >= 0.3 is 0 Å². The van der Waals surface area contributed by atoms with Crippen molar-refractivity contribution in [1.82, 2.24) is 0 Å². The third kappa shape index (κ3) is 1.69. The summed E-state index contributed by atoms with van der Waals surface area (Å²) < 4.78 is 0. The van der Waals surface area contributed by atoms with Crippen LogP contribution in [0.4, 0.5) is 5.69 Å². The van der Waals surface area contributed by atoms with E-state index in [0.29, 0.717) is 5.92 Å². The molecule has 68 valence electrons. The van der Waals surface area contributed by atoms with Crippen molar-refractivity contribution >= 4 is 5.69 Å². The largest absolute Gasteiger partial charge is 0.269 e. The molecule has 0 spiro atoms. The van der Waals surface area contributed by atoms with Crippen LogP contribution in [-0.2, 0) is 0 Å². The molecule has 0 N–H and O–H groups in total. The molecule has 0 amide bonds. The third-order valence-electron chi connectivity index (χ3n) is 2.34. The molecule has 2 rings (SSSR count). The first-order chi connectivity index (χ1) is 6.16. The minimum absolute atomic E-state index is 0.224. The summed E-state index contributed by atoms with van der Waals surface area (Å²) in [4.78, 5) is 10.2. The molecule has 0 aliphatic heterocycles. The first-order valence-electron chi connectivity index (χ1n) is 4.43. The maximum absolute atomic E-state index is 10.6. The normalized spacial score (nSPS) is 15.8. The molecule has 1 fully saturated rings. The topological polar surface area (TPSA) is 43.1 Å². The summed E-state index contributed by atoms with van der Waals surface area (Å²) in [5.41, 5.74) is 2.34. The third-order valence-corrected chi connectivity index (χ3v) is 2.34. The molecule has 0 atom stereocenters. The van der Waals surface area contributed by atoms with E-state index < -0.39 is 0 Å². The lowest BCUT2D eigenvalue weighted by Crippen LogP contribution is -1.91. The van der Waals surface area contributed by atoms with E-state index in [-0.39, 0.29) is 10.6 Å². The van der Waals surface area contributed by atoms with Gasteiger partial charge in [-0.3, -0.25) is 10.1 Å². The second-order valence-corrected chi connectivity index (χ2v) is 3.63. The predicted octanol–water partition coefficient (Wildman–Crippen LogP) is 2.78. The van der Waals surface area contributed by atoms with Gasteiger partial charge in [0.1, 0.15) is 0 Å². The molecule has 0 radical (unpaired) electrons. The van der Waals surface area contributed by atoms with Gasteiger partial charge in [-0.15, -0.1) is 0 Å². The van der Waals surface area contributed by atoms with E-state index in [2.05, 4.69) is 0 Å². The Hall–Kier alpha value is -1.38. The van der Waals surface area contributed by atoms with Gasteiger partial charge in [0.2, 0.25) is 0 Å². The molecule has 1 aliphatic rings. The van der Waals surface area contributed by atoms with Crippen molar-refractivity contribution in [3.8, 4) is 0 Å². The number of nitro benzene ring substituents is 1. The molecule has 1 aliphatic carbocycles. The van der Waals surface area contributed by atoms with Crippen LogP contribution in [0.15, 0.2) is 18.2 Å². The first kappa shape index (κ1) is 8.23. The molecule has 1 aromatic rings. The van der Waals surface area contributed by atoms with Crippen LogP contribution in [-0.4, -0.2) is 4.92 Å². The number of nitrogens with zero attached hydrogens (tertiary/aromatic N) is 1. The molecule has 1 aromatic carbocycles. The van der Waals surface area contributed by atoms with Gasteiger partial charge in [0.15, 0.2) is 0 Å². The Labute approximate surface area is 76.5 Å². The van der Waals surface area contributed by atoms with Crippen LogP contribution in [0.1, 0.15) is 29.9 Å².